The molecule has 2 amide bonds. The molecule has 182 valence electrons. The molecule has 0 bridgehead atoms. The predicted octanol–water partition coefficient (Wildman–Crippen LogP) is 2.77. The summed E-state index contributed by atoms with van der Waals surface area (Å²) in [7, 11) is 0. The van der Waals surface area contributed by atoms with Gasteiger partial charge < -0.3 is 25.0 Å². The molecule has 5 rings (SSSR count). The fourth-order valence-electron chi connectivity index (χ4n) is 4.44. The third-order valence-electron chi connectivity index (χ3n) is 6.32. The zero-order valence-corrected chi connectivity index (χ0v) is 20.1. The van der Waals surface area contributed by atoms with Gasteiger partial charge in [0.15, 0.2) is 11.5 Å². The number of piperazine rings is 1. The number of thiophene rings is 1. The molecule has 0 unspecified atom stereocenters. The summed E-state index contributed by atoms with van der Waals surface area (Å²) < 4.78 is 11.0. The number of rotatable bonds is 7. The Morgan fingerprint density at radius 3 is 2.43 bits per heavy atom. The lowest BCUT2D eigenvalue weighted by molar-refractivity contribution is -0.139. The molecular formula is C26H28N4O4S. The minimum atomic E-state index is -0.629. The van der Waals surface area contributed by atoms with Crippen LogP contribution in [-0.2, 0) is 16.1 Å². The molecule has 1 fully saturated rings. The second-order valence-corrected chi connectivity index (χ2v) is 9.49. The van der Waals surface area contributed by atoms with Crippen LogP contribution in [0.15, 0.2) is 66.0 Å². The zero-order chi connectivity index (χ0) is 24.0. The first kappa shape index (κ1) is 23.2. The van der Waals surface area contributed by atoms with E-state index in [1.807, 2.05) is 41.8 Å². The molecule has 0 spiro atoms. The summed E-state index contributed by atoms with van der Waals surface area (Å²) in [6.45, 7) is 4.27. The van der Waals surface area contributed by atoms with E-state index in [0.717, 1.165) is 42.4 Å². The van der Waals surface area contributed by atoms with Gasteiger partial charge >= 0.3 is 11.8 Å². The Hall–Kier alpha value is -3.56. The fraction of sp³-hybridized carbons (Fsp3) is 0.308. The smallest absolute Gasteiger partial charge is 0.309 e. The lowest BCUT2D eigenvalue weighted by Gasteiger charge is -2.40. The van der Waals surface area contributed by atoms with Gasteiger partial charge in [-0.2, -0.15) is 0 Å². The molecule has 2 aliphatic heterocycles. The molecule has 0 aliphatic carbocycles. The van der Waals surface area contributed by atoms with Crippen LogP contribution < -0.4 is 25.0 Å². The van der Waals surface area contributed by atoms with Crippen LogP contribution in [0.3, 0.4) is 0 Å². The van der Waals surface area contributed by atoms with Crippen LogP contribution in [0, 0.1) is 0 Å². The number of fused-ring (bicyclic) bond motifs is 1. The van der Waals surface area contributed by atoms with Crippen molar-refractivity contribution in [2.45, 2.75) is 12.6 Å². The van der Waals surface area contributed by atoms with Gasteiger partial charge in [-0.1, -0.05) is 30.3 Å². The van der Waals surface area contributed by atoms with E-state index in [1.165, 1.54) is 17.0 Å². The number of nitrogens with zero attached hydrogens (tertiary/aromatic N) is 2. The summed E-state index contributed by atoms with van der Waals surface area (Å²) in [5.74, 6) is 0.167. The average molecular weight is 493 g/mol. The van der Waals surface area contributed by atoms with Gasteiger partial charge in [0.25, 0.3) is 0 Å². The highest BCUT2D eigenvalue weighted by Gasteiger charge is 2.28. The Balaban J connectivity index is 1.25. The number of nitrogens with one attached hydrogen (secondary N) is 2. The molecule has 0 radical (unpaired) electrons. The topological polar surface area (TPSA) is 83.1 Å². The predicted molar refractivity (Wildman–Crippen MR) is 135 cm³/mol. The summed E-state index contributed by atoms with van der Waals surface area (Å²) in [6.07, 6.45) is 0. The maximum Gasteiger partial charge on any atom is 0.309 e. The van der Waals surface area contributed by atoms with Gasteiger partial charge in [0.1, 0.15) is 0 Å². The standard InChI is InChI=1S/C26H28N4O4S/c31-25(27-16-21-7-4-14-35-21)26(32)28-17-22(19-8-9-23-24(15-19)34-18-33-23)30-12-10-29(11-13-30)20-5-2-1-3-6-20/h1-9,14-15,22H,10-13,16-18H2,(H,27,31)(H,28,32)/t22-/m1/s1. The third kappa shape index (κ3) is 5.58. The highest BCUT2D eigenvalue weighted by atomic mass is 32.1. The minimum Gasteiger partial charge on any atom is -0.454 e. The largest absolute Gasteiger partial charge is 0.454 e. The fourth-order valence-corrected chi connectivity index (χ4v) is 5.08. The number of benzene rings is 2. The monoisotopic (exact) mass is 492 g/mol. The van der Waals surface area contributed by atoms with Gasteiger partial charge in [-0.05, 0) is 41.3 Å². The highest BCUT2D eigenvalue weighted by Crippen LogP contribution is 2.35. The van der Waals surface area contributed by atoms with Crippen LogP contribution in [0.1, 0.15) is 16.5 Å². The van der Waals surface area contributed by atoms with Crippen LogP contribution in [0.25, 0.3) is 0 Å². The first-order chi connectivity index (χ1) is 17.2. The van der Waals surface area contributed by atoms with Gasteiger partial charge in [-0.25, -0.2) is 0 Å². The summed E-state index contributed by atoms with van der Waals surface area (Å²) in [4.78, 5) is 30.6. The van der Waals surface area contributed by atoms with E-state index in [2.05, 4.69) is 44.7 Å². The van der Waals surface area contributed by atoms with Gasteiger partial charge in [0.2, 0.25) is 6.79 Å². The first-order valence-electron chi connectivity index (χ1n) is 11.7. The normalized spacial score (nSPS) is 16.1. The van der Waals surface area contributed by atoms with E-state index in [0.29, 0.717) is 18.8 Å². The second-order valence-electron chi connectivity index (χ2n) is 8.46. The summed E-state index contributed by atoms with van der Waals surface area (Å²) >= 11 is 1.54. The maximum atomic E-state index is 12.6. The van der Waals surface area contributed by atoms with Crippen LogP contribution in [0.4, 0.5) is 5.69 Å². The van der Waals surface area contributed by atoms with Crippen molar-refractivity contribution in [2.75, 3.05) is 44.4 Å². The van der Waals surface area contributed by atoms with Crippen LogP contribution in [-0.4, -0.2) is 56.2 Å². The molecule has 1 saturated heterocycles. The number of ether oxygens (including phenoxy) is 2. The van der Waals surface area contributed by atoms with Gasteiger partial charge in [0, 0.05) is 43.3 Å². The van der Waals surface area contributed by atoms with E-state index in [1.54, 1.807) is 0 Å². The van der Waals surface area contributed by atoms with E-state index in [4.69, 9.17) is 9.47 Å². The molecule has 2 aromatic carbocycles. The quantitative estimate of drug-likeness (QED) is 0.494. The second kappa shape index (κ2) is 10.8. The number of anilines is 1. The molecule has 0 saturated carbocycles. The van der Waals surface area contributed by atoms with Crippen molar-refractivity contribution < 1.29 is 19.1 Å². The molecule has 1 atom stereocenters. The molecule has 8 nitrogen and oxygen atoms in total. The average Bonchev–Trinajstić information content (AvgIpc) is 3.60. The summed E-state index contributed by atoms with van der Waals surface area (Å²) in [5, 5.41) is 7.47. The lowest BCUT2D eigenvalue weighted by atomic mass is 10.0. The number of carbonyl (C=O) groups is 2. The molecule has 3 heterocycles. The van der Waals surface area contributed by atoms with Crippen molar-refractivity contribution in [1.82, 2.24) is 15.5 Å². The van der Waals surface area contributed by atoms with Crippen molar-refractivity contribution in [3.8, 4) is 11.5 Å². The van der Waals surface area contributed by atoms with Crippen molar-refractivity contribution >= 4 is 28.8 Å². The number of para-hydroxylation sites is 1. The van der Waals surface area contributed by atoms with Gasteiger partial charge in [-0.3, -0.25) is 14.5 Å². The molecule has 2 aliphatic rings. The molecule has 2 N–H and O–H groups in total. The van der Waals surface area contributed by atoms with Gasteiger partial charge in [0.05, 0.1) is 12.6 Å². The van der Waals surface area contributed by atoms with E-state index in [-0.39, 0.29) is 12.8 Å². The summed E-state index contributed by atoms with van der Waals surface area (Å²) in [6, 6.07) is 20.0. The Morgan fingerprint density at radius 2 is 1.66 bits per heavy atom. The first-order valence-corrected chi connectivity index (χ1v) is 12.6. The van der Waals surface area contributed by atoms with E-state index < -0.39 is 11.8 Å². The number of carbonyl (C=O) groups excluding carboxylic acids is 2. The Bertz CT molecular complexity index is 1150. The van der Waals surface area contributed by atoms with Crippen molar-refractivity contribution in [3.05, 3.63) is 76.5 Å². The van der Waals surface area contributed by atoms with Crippen LogP contribution >= 0.6 is 11.3 Å². The number of hydrogen-bond acceptors (Lipinski definition) is 7. The van der Waals surface area contributed by atoms with Crippen molar-refractivity contribution in [2.24, 2.45) is 0 Å². The molecular weight excluding hydrogens is 464 g/mol. The SMILES string of the molecule is O=C(NCc1cccs1)C(=O)NC[C@H](c1ccc2c(c1)OCO2)N1CCN(c2ccccc2)CC1. The third-order valence-corrected chi connectivity index (χ3v) is 7.20. The highest BCUT2D eigenvalue weighted by molar-refractivity contribution is 7.09. The number of hydrogen-bond donors (Lipinski definition) is 2. The van der Waals surface area contributed by atoms with Crippen molar-refractivity contribution in [3.63, 3.8) is 0 Å². The Labute approximate surface area is 208 Å². The zero-order valence-electron chi connectivity index (χ0n) is 19.3. The van der Waals surface area contributed by atoms with Crippen LogP contribution in [0.2, 0.25) is 0 Å². The van der Waals surface area contributed by atoms with Gasteiger partial charge in [-0.15, -0.1) is 11.3 Å². The lowest BCUT2D eigenvalue weighted by Crippen LogP contribution is -2.50. The van der Waals surface area contributed by atoms with E-state index >= 15 is 0 Å². The molecule has 35 heavy (non-hydrogen) atoms. The summed E-state index contributed by atoms with van der Waals surface area (Å²) in [5.41, 5.74) is 2.23. The maximum absolute atomic E-state index is 12.6. The molecule has 9 heteroatoms. The van der Waals surface area contributed by atoms with Crippen LogP contribution in [0.5, 0.6) is 11.5 Å². The Morgan fingerprint density at radius 1 is 0.886 bits per heavy atom. The van der Waals surface area contributed by atoms with E-state index in [9.17, 15) is 9.59 Å². The minimum absolute atomic E-state index is 0.100. The molecule has 3 aromatic rings. The van der Waals surface area contributed by atoms with Crippen molar-refractivity contribution in [1.29, 1.82) is 0 Å². The Kier molecular flexibility index (Phi) is 7.15. The number of amides is 2. The molecule has 1 aromatic heterocycles.